The fourth-order valence-corrected chi connectivity index (χ4v) is 0.647. The second kappa shape index (κ2) is 2.88. The van der Waals surface area contributed by atoms with Crippen LogP contribution in [-0.4, -0.2) is 5.54 Å². The molecule has 42 valence electrons. The fourth-order valence-electron chi connectivity index (χ4n) is 0.0791. The van der Waals surface area contributed by atoms with Crippen LogP contribution in [0.5, 0.6) is 0 Å². The molecule has 0 rings (SSSR count). The van der Waals surface area contributed by atoms with Crippen molar-refractivity contribution >= 4 is 0 Å². The van der Waals surface area contributed by atoms with Crippen molar-refractivity contribution in [3.8, 4) is 0 Å². The molecule has 1 N–H and O–H groups in total. The maximum absolute atomic E-state index is 3.30. The molecule has 0 aliphatic rings. The van der Waals surface area contributed by atoms with Crippen LogP contribution in [0.25, 0.3) is 0 Å². The molecule has 0 bridgehead atoms. The first-order valence-corrected chi connectivity index (χ1v) is 4.14. The van der Waals surface area contributed by atoms with Gasteiger partial charge in [-0.2, -0.15) is 0 Å². The van der Waals surface area contributed by atoms with Crippen molar-refractivity contribution < 1.29 is 21.3 Å². The van der Waals surface area contributed by atoms with Gasteiger partial charge in [-0.15, -0.1) is 0 Å². The van der Waals surface area contributed by atoms with Gasteiger partial charge in [0.25, 0.3) is 0 Å². The predicted molar refractivity (Wildman–Crippen MR) is 27.5 cm³/mol. The van der Waals surface area contributed by atoms with Crippen LogP contribution in [0.1, 0.15) is 27.2 Å². The van der Waals surface area contributed by atoms with Crippen molar-refractivity contribution in [1.29, 1.82) is 0 Å². The summed E-state index contributed by atoms with van der Waals surface area (Å²) in [6.07, 6.45) is 1.21. The zero-order valence-corrected chi connectivity index (χ0v) is 8.37. The molecular formula is C5H12NTa. The van der Waals surface area contributed by atoms with Crippen LogP contribution < -0.4 is 3.72 Å². The molecule has 0 atom stereocenters. The Morgan fingerprint density at radius 3 is 2.00 bits per heavy atom. The van der Waals surface area contributed by atoms with Gasteiger partial charge in [-0.25, -0.2) is 0 Å². The summed E-state index contributed by atoms with van der Waals surface area (Å²) in [7, 11) is 0. The summed E-state index contributed by atoms with van der Waals surface area (Å²) < 4.78 is 3.30. The van der Waals surface area contributed by atoms with E-state index in [9.17, 15) is 0 Å². The van der Waals surface area contributed by atoms with Gasteiger partial charge in [0.2, 0.25) is 0 Å². The summed E-state index contributed by atoms with van der Waals surface area (Å²) in [6.45, 7) is 6.63. The van der Waals surface area contributed by atoms with E-state index >= 15 is 0 Å². The van der Waals surface area contributed by atoms with E-state index in [0.29, 0.717) is 5.54 Å². The first-order chi connectivity index (χ1) is 3.12. The SMILES string of the molecule is CCC(C)(C)[NH][Ta]. The average Bonchev–Trinajstić information content (AvgIpc) is 1.68. The minimum atomic E-state index is 0.383. The van der Waals surface area contributed by atoms with Gasteiger partial charge in [0.1, 0.15) is 0 Å². The molecular weight excluding hydrogens is 255 g/mol. The Bertz CT molecular complexity index is 46.0. The van der Waals surface area contributed by atoms with E-state index in [0.717, 1.165) is 0 Å². The van der Waals surface area contributed by atoms with E-state index in [1.807, 2.05) is 0 Å². The van der Waals surface area contributed by atoms with Crippen molar-refractivity contribution in [2.45, 2.75) is 32.7 Å². The van der Waals surface area contributed by atoms with Crippen molar-refractivity contribution in [2.24, 2.45) is 0 Å². The summed E-state index contributed by atoms with van der Waals surface area (Å²) in [5.41, 5.74) is 0.383. The molecule has 2 heteroatoms. The second-order valence-corrected chi connectivity index (χ2v) is 3.15. The van der Waals surface area contributed by atoms with E-state index in [-0.39, 0.29) is 0 Å². The Morgan fingerprint density at radius 2 is 2.00 bits per heavy atom. The summed E-state index contributed by atoms with van der Waals surface area (Å²) in [5.74, 6) is 0. The quantitative estimate of drug-likeness (QED) is 0.793. The average molecular weight is 267 g/mol. The van der Waals surface area contributed by atoms with Gasteiger partial charge in [-0.1, -0.05) is 0 Å². The van der Waals surface area contributed by atoms with Gasteiger partial charge in [0.05, 0.1) is 0 Å². The Labute approximate surface area is 58.1 Å². The van der Waals surface area contributed by atoms with Gasteiger partial charge in [-0.05, 0) is 0 Å². The van der Waals surface area contributed by atoms with Crippen LogP contribution in [0.2, 0.25) is 0 Å². The Morgan fingerprint density at radius 1 is 1.57 bits per heavy atom. The standard InChI is InChI=1S/C5H12N.Ta/c1-4-5(2,3)6;/h6H,4H2,1-3H3;/q-1;+1. The third-order valence-corrected chi connectivity index (χ3v) is 3.36. The van der Waals surface area contributed by atoms with Crippen LogP contribution in [0.3, 0.4) is 0 Å². The Balaban J connectivity index is 3.36. The maximum atomic E-state index is 3.30. The molecule has 7 heavy (non-hydrogen) atoms. The third-order valence-electron chi connectivity index (χ3n) is 1.19. The predicted octanol–water partition coefficient (Wildman–Crippen LogP) is 1.23. The van der Waals surface area contributed by atoms with Crippen molar-refractivity contribution in [3.63, 3.8) is 0 Å². The van der Waals surface area contributed by atoms with Crippen LogP contribution in [0.4, 0.5) is 0 Å². The molecule has 0 unspecified atom stereocenters. The molecule has 0 aromatic carbocycles. The zero-order valence-electron chi connectivity index (χ0n) is 5.15. The Kier molecular flexibility index (Phi) is 3.16. The summed E-state index contributed by atoms with van der Waals surface area (Å²) in [4.78, 5) is 0. The molecule has 0 radical (unpaired) electrons. The number of hydrogen-bond acceptors (Lipinski definition) is 1. The van der Waals surface area contributed by atoms with Gasteiger partial charge < -0.3 is 0 Å². The summed E-state index contributed by atoms with van der Waals surface area (Å²) in [5, 5.41) is 0. The first kappa shape index (κ1) is 7.70. The molecule has 0 saturated carbocycles. The van der Waals surface area contributed by atoms with Gasteiger partial charge in [-0.3, -0.25) is 0 Å². The van der Waals surface area contributed by atoms with Crippen LogP contribution in [0, 0.1) is 0 Å². The molecule has 1 nitrogen and oxygen atoms in total. The van der Waals surface area contributed by atoms with Gasteiger partial charge in [0.15, 0.2) is 0 Å². The zero-order chi connectivity index (χ0) is 5.91. The van der Waals surface area contributed by atoms with Gasteiger partial charge in [0, 0.05) is 0 Å². The molecule has 0 aliphatic carbocycles. The first-order valence-electron chi connectivity index (χ1n) is 2.53. The van der Waals surface area contributed by atoms with E-state index in [1.54, 1.807) is 0 Å². The second-order valence-electron chi connectivity index (χ2n) is 2.35. The van der Waals surface area contributed by atoms with Crippen molar-refractivity contribution in [3.05, 3.63) is 0 Å². The molecule has 0 fully saturated rings. The van der Waals surface area contributed by atoms with Crippen molar-refractivity contribution in [2.75, 3.05) is 0 Å². The van der Waals surface area contributed by atoms with Crippen LogP contribution in [0.15, 0.2) is 0 Å². The normalized spacial score (nSPS) is 11.9. The topological polar surface area (TPSA) is 12.0 Å². The van der Waals surface area contributed by atoms with E-state index < -0.39 is 0 Å². The Hall–Kier alpha value is 0.700. The molecule has 0 heterocycles. The fraction of sp³-hybridized carbons (Fsp3) is 1.00. The van der Waals surface area contributed by atoms with E-state index in [2.05, 4.69) is 24.5 Å². The van der Waals surface area contributed by atoms with Gasteiger partial charge >= 0.3 is 57.8 Å². The van der Waals surface area contributed by atoms with Crippen molar-refractivity contribution in [1.82, 2.24) is 3.72 Å². The van der Waals surface area contributed by atoms with Crippen LogP contribution in [-0.2, 0) is 21.3 Å². The molecule has 0 spiro atoms. The molecule has 0 aromatic rings. The minimum absolute atomic E-state index is 0.383. The summed E-state index contributed by atoms with van der Waals surface area (Å²) >= 11 is 1.28. The van der Waals surface area contributed by atoms with E-state index in [4.69, 9.17) is 0 Å². The molecule has 0 aromatic heterocycles. The third kappa shape index (κ3) is 3.30. The molecule has 0 saturated heterocycles. The number of nitrogens with one attached hydrogen (secondary N) is 1. The van der Waals surface area contributed by atoms with E-state index in [1.165, 1.54) is 27.7 Å². The molecule has 0 amide bonds. The number of hydrogen-bond donors (Lipinski definition) is 1. The monoisotopic (exact) mass is 267 g/mol. The summed E-state index contributed by atoms with van der Waals surface area (Å²) in [6, 6.07) is 0. The van der Waals surface area contributed by atoms with Crippen LogP contribution >= 0.6 is 0 Å². The number of rotatable bonds is 2. The molecule has 0 aliphatic heterocycles.